The maximum atomic E-state index is 12.0. The van der Waals surface area contributed by atoms with Crippen LogP contribution in [0.2, 0.25) is 0 Å². The normalized spacial score (nSPS) is 10.2. The molecule has 0 radical (unpaired) electrons. The van der Waals surface area contributed by atoms with Crippen molar-refractivity contribution in [1.29, 1.82) is 0 Å². The Morgan fingerprint density at radius 3 is 1.80 bits per heavy atom. The fourth-order valence-corrected chi connectivity index (χ4v) is 0.823. The van der Waals surface area contributed by atoms with Gasteiger partial charge in [-0.25, -0.2) is 0 Å². The van der Waals surface area contributed by atoms with Crippen LogP contribution in [-0.2, 0) is 6.18 Å². The lowest BCUT2D eigenvalue weighted by molar-refractivity contribution is -0.137. The van der Waals surface area contributed by atoms with Crippen molar-refractivity contribution < 1.29 is 18.0 Å². The van der Waals surface area contributed by atoms with E-state index in [1.54, 1.807) is 0 Å². The van der Waals surface area contributed by atoms with Gasteiger partial charge < -0.3 is 5.73 Å². The number of carbonyl (C=O) groups is 1. The molecule has 0 heterocycles. The molecule has 0 unspecified atom stereocenters. The van der Waals surface area contributed by atoms with Gasteiger partial charge in [0.15, 0.2) is 0 Å². The van der Waals surface area contributed by atoms with Crippen molar-refractivity contribution in [3.8, 4) is 0 Å². The SMILES string of the molecule is CC.NC(=O)c1ccc(C(F)(F)F)cc1. The van der Waals surface area contributed by atoms with E-state index in [0.717, 1.165) is 24.3 Å². The molecule has 1 rings (SSSR count). The van der Waals surface area contributed by atoms with Crippen LogP contribution in [0, 0.1) is 0 Å². The Morgan fingerprint density at radius 2 is 1.53 bits per heavy atom. The molecular formula is C10H12F3NO. The predicted molar refractivity (Wildman–Crippen MR) is 51.3 cm³/mol. The maximum Gasteiger partial charge on any atom is 0.416 e. The van der Waals surface area contributed by atoms with Crippen molar-refractivity contribution in [2.24, 2.45) is 5.73 Å². The summed E-state index contributed by atoms with van der Waals surface area (Å²) in [6.07, 6.45) is -4.38. The van der Waals surface area contributed by atoms with Gasteiger partial charge in [0.05, 0.1) is 5.56 Å². The van der Waals surface area contributed by atoms with Gasteiger partial charge in [-0.2, -0.15) is 13.2 Å². The number of amides is 1. The van der Waals surface area contributed by atoms with Gasteiger partial charge in [-0.1, -0.05) is 13.8 Å². The van der Waals surface area contributed by atoms with Crippen LogP contribution in [0.5, 0.6) is 0 Å². The molecule has 0 aliphatic rings. The van der Waals surface area contributed by atoms with Crippen molar-refractivity contribution in [1.82, 2.24) is 0 Å². The van der Waals surface area contributed by atoms with Crippen LogP contribution >= 0.6 is 0 Å². The van der Waals surface area contributed by atoms with E-state index in [0.29, 0.717) is 0 Å². The number of halogens is 3. The van der Waals surface area contributed by atoms with Crippen molar-refractivity contribution in [2.75, 3.05) is 0 Å². The molecule has 0 aliphatic carbocycles. The summed E-state index contributed by atoms with van der Waals surface area (Å²) in [5.41, 5.74) is 4.12. The van der Waals surface area contributed by atoms with Crippen molar-refractivity contribution in [3.63, 3.8) is 0 Å². The smallest absolute Gasteiger partial charge is 0.366 e. The Balaban J connectivity index is 0.000000921. The van der Waals surface area contributed by atoms with E-state index in [-0.39, 0.29) is 5.56 Å². The van der Waals surface area contributed by atoms with Crippen LogP contribution in [0.1, 0.15) is 29.8 Å². The summed E-state index contributed by atoms with van der Waals surface area (Å²) in [5, 5.41) is 0. The Labute approximate surface area is 85.9 Å². The van der Waals surface area contributed by atoms with Crippen molar-refractivity contribution >= 4 is 5.91 Å². The quantitative estimate of drug-likeness (QED) is 0.775. The minimum absolute atomic E-state index is 0.0630. The molecule has 0 fully saturated rings. The van der Waals surface area contributed by atoms with E-state index in [1.165, 1.54) is 0 Å². The largest absolute Gasteiger partial charge is 0.416 e. The second-order valence-corrected chi connectivity index (χ2v) is 2.44. The van der Waals surface area contributed by atoms with Crippen molar-refractivity contribution in [2.45, 2.75) is 20.0 Å². The third-order valence-electron chi connectivity index (χ3n) is 1.50. The minimum Gasteiger partial charge on any atom is -0.366 e. The maximum absolute atomic E-state index is 12.0. The molecule has 1 aromatic carbocycles. The average Bonchev–Trinajstić information content (AvgIpc) is 2.20. The molecule has 0 aliphatic heterocycles. The first kappa shape index (κ1) is 13.5. The second-order valence-electron chi connectivity index (χ2n) is 2.44. The van der Waals surface area contributed by atoms with E-state index in [9.17, 15) is 18.0 Å². The van der Waals surface area contributed by atoms with Gasteiger partial charge in [0.25, 0.3) is 0 Å². The number of rotatable bonds is 1. The van der Waals surface area contributed by atoms with Gasteiger partial charge in [0.1, 0.15) is 0 Å². The molecule has 5 heteroatoms. The number of hydrogen-bond acceptors (Lipinski definition) is 1. The van der Waals surface area contributed by atoms with E-state index in [1.807, 2.05) is 13.8 Å². The third-order valence-corrected chi connectivity index (χ3v) is 1.50. The first-order valence-electron chi connectivity index (χ1n) is 4.38. The zero-order valence-electron chi connectivity index (χ0n) is 8.43. The van der Waals surface area contributed by atoms with Crippen LogP contribution in [0.15, 0.2) is 24.3 Å². The first-order chi connectivity index (χ1) is 6.91. The highest BCUT2D eigenvalue weighted by Gasteiger charge is 2.30. The molecule has 0 spiro atoms. The number of carbonyl (C=O) groups excluding carboxylic acids is 1. The lowest BCUT2D eigenvalue weighted by Gasteiger charge is -2.05. The highest BCUT2D eigenvalue weighted by atomic mass is 19.4. The summed E-state index contributed by atoms with van der Waals surface area (Å²) >= 11 is 0. The lowest BCUT2D eigenvalue weighted by Crippen LogP contribution is -2.11. The standard InChI is InChI=1S/C8H6F3NO.C2H6/c9-8(10,11)6-3-1-5(2-4-6)7(12)13;1-2/h1-4H,(H2,12,13);1-2H3. The molecule has 2 nitrogen and oxygen atoms in total. The lowest BCUT2D eigenvalue weighted by atomic mass is 10.1. The van der Waals surface area contributed by atoms with Gasteiger partial charge in [0, 0.05) is 5.56 Å². The molecule has 0 bridgehead atoms. The van der Waals surface area contributed by atoms with Crippen LogP contribution < -0.4 is 5.73 Å². The summed E-state index contributed by atoms with van der Waals surface area (Å²) in [6.45, 7) is 4.00. The molecule has 0 aromatic heterocycles. The van der Waals surface area contributed by atoms with Gasteiger partial charge in [-0.15, -0.1) is 0 Å². The molecule has 1 aromatic rings. The highest BCUT2D eigenvalue weighted by Crippen LogP contribution is 2.28. The van der Waals surface area contributed by atoms with Gasteiger partial charge >= 0.3 is 6.18 Å². The van der Waals surface area contributed by atoms with Crippen LogP contribution in [-0.4, -0.2) is 5.91 Å². The fraction of sp³-hybridized carbons (Fsp3) is 0.300. The average molecular weight is 219 g/mol. The molecule has 15 heavy (non-hydrogen) atoms. The number of primary amides is 1. The van der Waals surface area contributed by atoms with Gasteiger partial charge in [-0.05, 0) is 24.3 Å². The number of benzene rings is 1. The Bertz CT molecular complexity index is 316. The number of nitrogens with two attached hydrogens (primary N) is 1. The predicted octanol–water partition coefficient (Wildman–Crippen LogP) is 2.83. The summed E-state index contributed by atoms with van der Waals surface area (Å²) in [7, 11) is 0. The second kappa shape index (κ2) is 5.38. The van der Waals surface area contributed by atoms with Crippen LogP contribution in [0.3, 0.4) is 0 Å². The van der Waals surface area contributed by atoms with E-state index >= 15 is 0 Å². The zero-order valence-corrected chi connectivity index (χ0v) is 8.43. The van der Waals surface area contributed by atoms with E-state index in [4.69, 9.17) is 5.73 Å². The molecule has 84 valence electrons. The van der Waals surface area contributed by atoms with Crippen LogP contribution in [0.25, 0.3) is 0 Å². The number of alkyl halides is 3. The fourth-order valence-electron chi connectivity index (χ4n) is 0.823. The van der Waals surface area contributed by atoms with Gasteiger partial charge in [-0.3, -0.25) is 4.79 Å². The first-order valence-corrected chi connectivity index (χ1v) is 4.38. The summed E-state index contributed by atoms with van der Waals surface area (Å²) in [6, 6.07) is 3.73. The molecule has 2 N–H and O–H groups in total. The van der Waals surface area contributed by atoms with Gasteiger partial charge in [0.2, 0.25) is 5.91 Å². The Hall–Kier alpha value is -1.52. The van der Waals surface area contributed by atoms with E-state index in [2.05, 4.69) is 0 Å². The summed E-state index contributed by atoms with van der Waals surface area (Å²) in [5.74, 6) is -0.742. The van der Waals surface area contributed by atoms with Crippen LogP contribution in [0.4, 0.5) is 13.2 Å². The summed E-state index contributed by atoms with van der Waals surface area (Å²) in [4.78, 5) is 10.5. The molecular weight excluding hydrogens is 207 g/mol. The monoisotopic (exact) mass is 219 g/mol. The molecule has 0 saturated heterocycles. The highest BCUT2D eigenvalue weighted by molar-refractivity contribution is 5.92. The Kier molecular flexibility index (Phi) is 4.84. The summed E-state index contributed by atoms with van der Waals surface area (Å²) < 4.78 is 36.0. The topological polar surface area (TPSA) is 43.1 Å². The Morgan fingerprint density at radius 1 is 1.13 bits per heavy atom. The zero-order chi connectivity index (χ0) is 12.1. The minimum atomic E-state index is -4.38. The molecule has 0 saturated carbocycles. The van der Waals surface area contributed by atoms with E-state index < -0.39 is 17.6 Å². The molecule has 1 amide bonds. The molecule has 0 atom stereocenters. The number of hydrogen-bond donors (Lipinski definition) is 1. The third kappa shape index (κ3) is 4.01. The van der Waals surface area contributed by atoms with Crippen molar-refractivity contribution in [3.05, 3.63) is 35.4 Å².